The third-order valence-electron chi connectivity index (χ3n) is 5.13. The maximum atomic E-state index is 12.8. The Hall–Kier alpha value is -3.97. The molecule has 0 aliphatic rings. The second kappa shape index (κ2) is 7.94. The largest absolute Gasteiger partial charge is 0.287 e. The van der Waals surface area contributed by atoms with E-state index in [9.17, 15) is 4.79 Å². The van der Waals surface area contributed by atoms with Crippen molar-refractivity contribution >= 4 is 11.6 Å². The fourth-order valence-corrected chi connectivity index (χ4v) is 3.84. The molecule has 0 saturated heterocycles. The minimum atomic E-state index is -0.185. The summed E-state index contributed by atoms with van der Waals surface area (Å²) < 4.78 is 5.21. The van der Waals surface area contributed by atoms with Crippen LogP contribution in [-0.4, -0.2) is 29.3 Å². The lowest BCUT2D eigenvalue weighted by Gasteiger charge is -2.13. The van der Waals surface area contributed by atoms with Crippen molar-refractivity contribution in [2.45, 2.75) is 13.8 Å². The number of hydrogen-bond acceptors (Lipinski definition) is 4. The van der Waals surface area contributed by atoms with Crippen molar-refractivity contribution in [1.82, 2.24) is 29.3 Å². The van der Waals surface area contributed by atoms with Gasteiger partial charge in [-0.25, -0.2) is 14.0 Å². The number of benzene rings is 2. The predicted molar refractivity (Wildman–Crippen MR) is 124 cm³/mol. The first kappa shape index (κ1) is 20.0. The number of rotatable bonds is 4. The number of aryl methyl sites for hydroxylation is 2. The van der Waals surface area contributed by atoms with Crippen LogP contribution in [0, 0.1) is 13.8 Å². The fraction of sp³-hybridized carbons (Fsp3) is 0.0833. The zero-order valence-electron chi connectivity index (χ0n) is 17.5. The molecule has 0 amide bonds. The Balaban J connectivity index is 1.62. The summed E-state index contributed by atoms with van der Waals surface area (Å²) in [7, 11) is 0. The molecule has 0 spiro atoms. The van der Waals surface area contributed by atoms with E-state index in [1.165, 1.54) is 6.07 Å². The van der Waals surface area contributed by atoms with E-state index in [1.54, 1.807) is 38.6 Å². The van der Waals surface area contributed by atoms with Gasteiger partial charge in [-0.1, -0.05) is 17.7 Å². The number of hydrogen-bond donors (Lipinski definition) is 0. The Morgan fingerprint density at radius 1 is 0.844 bits per heavy atom. The average Bonchev–Trinajstić information content (AvgIpc) is 3.44. The Labute approximate surface area is 189 Å². The molecular weight excluding hydrogens is 424 g/mol. The van der Waals surface area contributed by atoms with Gasteiger partial charge in [0.2, 0.25) is 5.43 Å². The quantitative estimate of drug-likeness (QED) is 0.409. The maximum absolute atomic E-state index is 12.8. The highest BCUT2D eigenvalue weighted by atomic mass is 35.5. The van der Waals surface area contributed by atoms with Gasteiger partial charge in [0.25, 0.3) is 0 Å². The van der Waals surface area contributed by atoms with E-state index >= 15 is 0 Å². The molecule has 0 fully saturated rings. The maximum Gasteiger partial charge on any atom is 0.209 e. The van der Waals surface area contributed by atoms with Gasteiger partial charge in [0.05, 0.1) is 28.5 Å². The molecule has 0 saturated carbocycles. The monoisotopic (exact) mass is 442 g/mol. The van der Waals surface area contributed by atoms with Crippen LogP contribution in [0.3, 0.4) is 0 Å². The Morgan fingerprint density at radius 3 is 2.47 bits per heavy atom. The van der Waals surface area contributed by atoms with E-state index in [2.05, 4.69) is 15.3 Å². The van der Waals surface area contributed by atoms with Crippen LogP contribution in [0.2, 0.25) is 5.02 Å². The van der Waals surface area contributed by atoms with Crippen LogP contribution in [0.1, 0.15) is 11.3 Å². The smallest absolute Gasteiger partial charge is 0.209 e. The second-order valence-electron chi connectivity index (χ2n) is 7.46. The van der Waals surface area contributed by atoms with Crippen molar-refractivity contribution in [2.75, 3.05) is 0 Å². The van der Waals surface area contributed by atoms with Crippen LogP contribution in [0.15, 0.2) is 84.0 Å². The van der Waals surface area contributed by atoms with E-state index in [0.29, 0.717) is 16.4 Å². The molecular formula is C24H19ClN6O. The molecule has 0 aliphatic carbocycles. The zero-order valence-corrected chi connectivity index (χ0v) is 18.2. The third kappa shape index (κ3) is 3.63. The molecule has 3 aromatic heterocycles. The summed E-state index contributed by atoms with van der Waals surface area (Å²) in [6.45, 7) is 3.88. The zero-order chi connectivity index (χ0) is 22.2. The fourth-order valence-electron chi connectivity index (χ4n) is 3.65. The van der Waals surface area contributed by atoms with Crippen LogP contribution >= 0.6 is 11.6 Å². The second-order valence-corrected chi connectivity index (χ2v) is 7.89. The summed E-state index contributed by atoms with van der Waals surface area (Å²) in [6, 6.07) is 18.5. The molecule has 2 aromatic carbocycles. The van der Waals surface area contributed by atoms with Crippen LogP contribution in [0.25, 0.3) is 28.5 Å². The van der Waals surface area contributed by atoms with Crippen LogP contribution < -0.4 is 5.43 Å². The summed E-state index contributed by atoms with van der Waals surface area (Å²) in [5.74, 6) is 0. The van der Waals surface area contributed by atoms with Gasteiger partial charge in [0.1, 0.15) is 0 Å². The highest BCUT2D eigenvalue weighted by Crippen LogP contribution is 2.23. The Bertz CT molecular complexity index is 1480. The van der Waals surface area contributed by atoms with Gasteiger partial charge in [-0.2, -0.15) is 15.3 Å². The highest BCUT2D eigenvalue weighted by molar-refractivity contribution is 6.30. The van der Waals surface area contributed by atoms with Gasteiger partial charge >= 0.3 is 0 Å². The summed E-state index contributed by atoms with van der Waals surface area (Å²) >= 11 is 6.17. The first-order chi connectivity index (χ1) is 15.5. The molecule has 0 aliphatic heterocycles. The molecule has 0 unspecified atom stereocenters. The van der Waals surface area contributed by atoms with Gasteiger partial charge in [-0.15, -0.1) is 0 Å². The van der Waals surface area contributed by atoms with Crippen molar-refractivity contribution in [3.8, 4) is 28.5 Å². The summed E-state index contributed by atoms with van der Waals surface area (Å²) in [5.41, 5.74) is 5.08. The summed E-state index contributed by atoms with van der Waals surface area (Å²) in [5, 5.41) is 14.1. The molecule has 5 rings (SSSR count). The van der Waals surface area contributed by atoms with Gasteiger partial charge < -0.3 is 0 Å². The average molecular weight is 443 g/mol. The summed E-state index contributed by atoms with van der Waals surface area (Å²) in [6.07, 6.45) is 5.31. The van der Waals surface area contributed by atoms with Crippen molar-refractivity contribution in [3.63, 3.8) is 0 Å². The topological polar surface area (TPSA) is 70.5 Å². The van der Waals surface area contributed by atoms with E-state index in [0.717, 1.165) is 28.3 Å². The van der Waals surface area contributed by atoms with Crippen LogP contribution in [-0.2, 0) is 0 Å². The lowest BCUT2D eigenvalue weighted by molar-refractivity contribution is 0.813. The van der Waals surface area contributed by atoms with Gasteiger partial charge in [0, 0.05) is 29.7 Å². The standard InChI is InChI=1S/C24H19ClN6O/c1-16-13-19(29-11-4-10-26-29)7-8-21(16)30-12-9-23(32)24(28-30)22-14-17(2)27-31(22)20-6-3-5-18(25)15-20/h3-15H,1-2H3. The Kier molecular flexibility index (Phi) is 4.95. The summed E-state index contributed by atoms with van der Waals surface area (Å²) in [4.78, 5) is 12.8. The number of nitrogens with zero attached hydrogens (tertiary/aromatic N) is 6. The van der Waals surface area contributed by atoms with E-state index < -0.39 is 0 Å². The minimum Gasteiger partial charge on any atom is -0.287 e. The molecule has 3 heterocycles. The molecule has 0 radical (unpaired) electrons. The first-order valence-corrected chi connectivity index (χ1v) is 10.4. The van der Waals surface area contributed by atoms with Gasteiger partial charge in [-0.05, 0) is 67.9 Å². The molecule has 158 valence electrons. The van der Waals surface area contributed by atoms with E-state index in [4.69, 9.17) is 11.6 Å². The molecule has 0 N–H and O–H groups in total. The van der Waals surface area contributed by atoms with E-state index in [-0.39, 0.29) is 5.43 Å². The van der Waals surface area contributed by atoms with Crippen LogP contribution in [0.5, 0.6) is 0 Å². The molecule has 32 heavy (non-hydrogen) atoms. The number of aromatic nitrogens is 6. The normalized spacial score (nSPS) is 11.1. The lowest BCUT2D eigenvalue weighted by atomic mass is 10.1. The predicted octanol–water partition coefficient (Wildman–Crippen LogP) is 4.54. The van der Waals surface area contributed by atoms with Crippen molar-refractivity contribution in [1.29, 1.82) is 0 Å². The number of halogens is 1. The molecule has 8 heteroatoms. The molecule has 5 aromatic rings. The first-order valence-electron chi connectivity index (χ1n) is 10.0. The SMILES string of the molecule is Cc1cc(-c2nn(-c3ccc(-n4cccn4)cc3C)ccc2=O)n(-c2cccc(Cl)c2)n1. The molecule has 0 bridgehead atoms. The van der Waals surface area contributed by atoms with Crippen molar-refractivity contribution < 1.29 is 0 Å². The van der Waals surface area contributed by atoms with E-state index in [1.807, 2.05) is 62.5 Å². The van der Waals surface area contributed by atoms with Crippen molar-refractivity contribution in [3.05, 3.63) is 106 Å². The van der Waals surface area contributed by atoms with Crippen molar-refractivity contribution in [2.24, 2.45) is 0 Å². The van der Waals surface area contributed by atoms with Gasteiger partial charge in [-0.3, -0.25) is 4.79 Å². The molecule has 0 atom stereocenters. The highest BCUT2D eigenvalue weighted by Gasteiger charge is 2.16. The third-order valence-corrected chi connectivity index (χ3v) is 5.37. The van der Waals surface area contributed by atoms with Gasteiger partial charge in [0.15, 0.2) is 5.69 Å². The van der Waals surface area contributed by atoms with Crippen LogP contribution in [0.4, 0.5) is 0 Å². The Morgan fingerprint density at radius 2 is 1.72 bits per heavy atom. The lowest BCUT2D eigenvalue weighted by Crippen LogP contribution is -2.15. The molecule has 7 nitrogen and oxygen atoms in total. The minimum absolute atomic E-state index is 0.185.